The number of hydrogen-bond acceptors (Lipinski definition) is 2. The van der Waals surface area contributed by atoms with Gasteiger partial charge in [0, 0.05) is 28.3 Å². The molecule has 0 aromatic rings. The molecule has 0 heterocycles. The average Bonchev–Trinajstić information content (AvgIpc) is 2.03. The minimum Gasteiger partial charge on any atom is -0.329 e. The second-order valence-corrected chi connectivity index (χ2v) is 5.37. The third kappa shape index (κ3) is 4.88. The molecule has 0 bridgehead atoms. The SMILES string of the molecule is CCC(CN)S(=O)CCC(C)C. The monoisotopic (exact) mass is 191 g/mol. The predicted molar refractivity (Wildman–Crippen MR) is 55.6 cm³/mol. The van der Waals surface area contributed by atoms with Crippen LogP contribution in [0.2, 0.25) is 0 Å². The molecular weight excluding hydrogens is 170 g/mol. The lowest BCUT2D eigenvalue weighted by Gasteiger charge is -2.12. The first-order valence-corrected chi connectivity index (χ1v) is 6.07. The number of hydrogen-bond donors (Lipinski definition) is 1. The second-order valence-electron chi connectivity index (χ2n) is 3.53. The molecule has 0 aromatic carbocycles. The fraction of sp³-hybridized carbons (Fsp3) is 1.00. The Hall–Kier alpha value is 0.110. The highest BCUT2D eigenvalue weighted by atomic mass is 32.2. The van der Waals surface area contributed by atoms with E-state index in [1.54, 1.807) is 0 Å². The highest BCUT2D eigenvalue weighted by Gasteiger charge is 2.12. The van der Waals surface area contributed by atoms with Crippen LogP contribution in [0.4, 0.5) is 0 Å². The Bertz CT molecular complexity index is 132. The van der Waals surface area contributed by atoms with Crippen LogP contribution in [0.1, 0.15) is 33.6 Å². The third-order valence-corrected chi connectivity index (χ3v) is 3.89. The summed E-state index contributed by atoms with van der Waals surface area (Å²) in [6.07, 6.45) is 1.98. The van der Waals surface area contributed by atoms with Crippen LogP contribution in [-0.4, -0.2) is 21.8 Å². The van der Waals surface area contributed by atoms with E-state index in [2.05, 4.69) is 13.8 Å². The van der Waals surface area contributed by atoms with Gasteiger partial charge in [-0.3, -0.25) is 4.21 Å². The molecule has 0 spiro atoms. The topological polar surface area (TPSA) is 43.1 Å². The van der Waals surface area contributed by atoms with Gasteiger partial charge in [0.15, 0.2) is 0 Å². The van der Waals surface area contributed by atoms with Gasteiger partial charge in [0.05, 0.1) is 0 Å². The summed E-state index contributed by atoms with van der Waals surface area (Å²) in [4.78, 5) is 0. The molecule has 0 aromatic heterocycles. The fourth-order valence-electron chi connectivity index (χ4n) is 0.978. The summed E-state index contributed by atoms with van der Waals surface area (Å²) in [5, 5.41) is 0.212. The molecule has 74 valence electrons. The smallest absolute Gasteiger partial charge is 0.0467 e. The Kier molecular flexibility index (Phi) is 6.67. The Labute approximate surface area is 78.4 Å². The molecule has 0 aliphatic rings. The van der Waals surface area contributed by atoms with Crippen LogP contribution in [0.15, 0.2) is 0 Å². The summed E-state index contributed by atoms with van der Waals surface area (Å²) >= 11 is 0. The first kappa shape index (κ1) is 12.1. The van der Waals surface area contributed by atoms with Gasteiger partial charge in [-0.1, -0.05) is 20.8 Å². The molecule has 0 radical (unpaired) electrons. The third-order valence-electron chi connectivity index (χ3n) is 1.99. The maximum absolute atomic E-state index is 11.5. The zero-order valence-corrected chi connectivity index (χ0v) is 9.19. The first-order valence-electron chi connectivity index (χ1n) is 4.69. The van der Waals surface area contributed by atoms with E-state index in [0.717, 1.165) is 18.6 Å². The van der Waals surface area contributed by atoms with Gasteiger partial charge in [-0.05, 0) is 18.8 Å². The van der Waals surface area contributed by atoms with E-state index >= 15 is 0 Å². The van der Waals surface area contributed by atoms with Crippen LogP contribution < -0.4 is 5.73 Å². The largest absolute Gasteiger partial charge is 0.329 e. The van der Waals surface area contributed by atoms with Crippen LogP contribution in [0, 0.1) is 5.92 Å². The molecule has 3 heteroatoms. The fourth-order valence-corrected chi connectivity index (χ4v) is 2.60. The molecule has 2 unspecified atom stereocenters. The summed E-state index contributed by atoms with van der Waals surface area (Å²) in [5.41, 5.74) is 5.50. The molecule has 2 nitrogen and oxygen atoms in total. The van der Waals surface area contributed by atoms with E-state index in [-0.39, 0.29) is 5.25 Å². The molecule has 0 fully saturated rings. The molecule has 12 heavy (non-hydrogen) atoms. The molecule has 2 atom stereocenters. The lowest BCUT2D eigenvalue weighted by atomic mass is 10.2. The van der Waals surface area contributed by atoms with Crippen molar-refractivity contribution in [2.45, 2.75) is 38.9 Å². The Morgan fingerprint density at radius 1 is 1.42 bits per heavy atom. The van der Waals surface area contributed by atoms with Gasteiger partial charge >= 0.3 is 0 Å². The standard InChI is InChI=1S/C9H21NOS/c1-4-9(7-10)12(11)6-5-8(2)3/h8-9H,4-7,10H2,1-3H3. The van der Waals surface area contributed by atoms with Crippen molar-refractivity contribution in [2.75, 3.05) is 12.3 Å². The summed E-state index contributed by atoms with van der Waals surface area (Å²) in [7, 11) is -0.703. The van der Waals surface area contributed by atoms with Gasteiger partial charge in [-0.25, -0.2) is 0 Å². The van der Waals surface area contributed by atoms with E-state index in [0.29, 0.717) is 12.5 Å². The van der Waals surface area contributed by atoms with Crippen molar-refractivity contribution < 1.29 is 4.21 Å². The summed E-state index contributed by atoms with van der Waals surface area (Å²) in [6.45, 7) is 6.91. The van der Waals surface area contributed by atoms with Crippen LogP contribution in [0.3, 0.4) is 0 Å². The van der Waals surface area contributed by atoms with Crippen molar-refractivity contribution in [1.29, 1.82) is 0 Å². The van der Waals surface area contributed by atoms with Crippen LogP contribution in [-0.2, 0) is 10.8 Å². The minimum absolute atomic E-state index is 0.212. The van der Waals surface area contributed by atoms with Gasteiger partial charge in [-0.2, -0.15) is 0 Å². The lowest BCUT2D eigenvalue weighted by molar-refractivity contribution is 0.612. The van der Waals surface area contributed by atoms with Crippen molar-refractivity contribution in [3.8, 4) is 0 Å². The van der Waals surface area contributed by atoms with Crippen LogP contribution >= 0.6 is 0 Å². The van der Waals surface area contributed by atoms with Gasteiger partial charge in [0.1, 0.15) is 0 Å². The van der Waals surface area contributed by atoms with E-state index in [1.807, 2.05) is 6.92 Å². The van der Waals surface area contributed by atoms with Gasteiger partial charge in [0.25, 0.3) is 0 Å². The van der Waals surface area contributed by atoms with Crippen molar-refractivity contribution in [3.05, 3.63) is 0 Å². The molecule has 0 aliphatic carbocycles. The molecule has 0 aliphatic heterocycles. The van der Waals surface area contributed by atoms with Gasteiger partial charge < -0.3 is 5.73 Å². The predicted octanol–water partition coefficient (Wildman–Crippen LogP) is 1.52. The Balaban J connectivity index is 3.69. The van der Waals surface area contributed by atoms with E-state index in [4.69, 9.17) is 5.73 Å². The van der Waals surface area contributed by atoms with E-state index < -0.39 is 10.8 Å². The summed E-state index contributed by atoms with van der Waals surface area (Å²) in [6, 6.07) is 0. The van der Waals surface area contributed by atoms with Gasteiger partial charge in [-0.15, -0.1) is 0 Å². The molecule has 0 saturated carbocycles. The molecule has 2 N–H and O–H groups in total. The maximum Gasteiger partial charge on any atom is 0.0467 e. The first-order chi connectivity index (χ1) is 5.61. The van der Waals surface area contributed by atoms with Gasteiger partial charge in [0.2, 0.25) is 0 Å². The van der Waals surface area contributed by atoms with Crippen molar-refractivity contribution >= 4 is 10.8 Å². The average molecular weight is 191 g/mol. The van der Waals surface area contributed by atoms with Crippen molar-refractivity contribution in [1.82, 2.24) is 0 Å². The highest BCUT2D eigenvalue weighted by molar-refractivity contribution is 7.85. The number of rotatable bonds is 6. The van der Waals surface area contributed by atoms with Crippen LogP contribution in [0.25, 0.3) is 0 Å². The van der Waals surface area contributed by atoms with E-state index in [9.17, 15) is 4.21 Å². The second kappa shape index (κ2) is 6.61. The number of nitrogens with two attached hydrogens (primary N) is 1. The summed E-state index contributed by atoms with van der Waals surface area (Å²) < 4.78 is 11.5. The van der Waals surface area contributed by atoms with E-state index in [1.165, 1.54) is 0 Å². The molecule has 0 saturated heterocycles. The van der Waals surface area contributed by atoms with Crippen LogP contribution in [0.5, 0.6) is 0 Å². The van der Waals surface area contributed by atoms with Crippen molar-refractivity contribution in [3.63, 3.8) is 0 Å². The zero-order valence-electron chi connectivity index (χ0n) is 8.38. The van der Waals surface area contributed by atoms with Crippen molar-refractivity contribution in [2.24, 2.45) is 11.7 Å². The minimum atomic E-state index is -0.703. The summed E-state index contributed by atoms with van der Waals surface area (Å²) in [5.74, 6) is 1.46. The zero-order chi connectivity index (χ0) is 9.56. The maximum atomic E-state index is 11.5. The Morgan fingerprint density at radius 2 is 2.00 bits per heavy atom. The lowest BCUT2D eigenvalue weighted by Crippen LogP contribution is -2.26. The molecular formula is C9H21NOS. The highest BCUT2D eigenvalue weighted by Crippen LogP contribution is 2.06. The normalized spacial score (nSPS) is 16.4. The molecule has 0 rings (SSSR count). The molecule has 0 amide bonds. The Morgan fingerprint density at radius 3 is 2.33 bits per heavy atom. The quantitative estimate of drug-likeness (QED) is 0.691.